The monoisotopic (exact) mass is 286 g/mol. The molecular formula is C14H14N4O3. The first kappa shape index (κ1) is 13.3. The normalized spacial score (nSPS) is 21.4. The van der Waals surface area contributed by atoms with Crippen LogP contribution in [0.1, 0.15) is 22.6 Å². The summed E-state index contributed by atoms with van der Waals surface area (Å²) in [5.74, 6) is -1.11. The van der Waals surface area contributed by atoms with Crippen molar-refractivity contribution in [1.82, 2.24) is 20.1 Å². The molecule has 21 heavy (non-hydrogen) atoms. The van der Waals surface area contributed by atoms with Crippen LogP contribution < -0.4 is 0 Å². The lowest BCUT2D eigenvalue weighted by Gasteiger charge is -2.25. The number of amides is 1. The van der Waals surface area contributed by atoms with Crippen LogP contribution in [0.4, 0.5) is 0 Å². The number of nitrogens with one attached hydrogen (secondary N) is 1. The van der Waals surface area contributed by atoms with Crippen molar-refractivity contribution in [3.8, 4) is 0 Å². The fourth-order valence-corrected chi connectivity index (χ4v) is 2.73. The van der Waals surface area contributed by atoms with E-state index in [1.807, 2.05) is 6.07 Å². The van der Waals surface area contributed by atoms with Crippen LogP contribution in [0.2, 0.25) is 0 Å². The topological polar surface area (TPSA) is 99.2 Å². The van der Waals surface area contributed by atoms with Gasteiger partial charge in [0.15, 0.2) is 0 Å². The summed E-state index contributed by atoms with van der Waals surface area (Å²) in [7, 11) is 0. The zero-order chi connectivity index (χ0) is 14.9. The van der Waals surface area contributed by atoms with E-state index in [0.717, 1.165) is 0 Å². The molecule has 2 heterocycles. The molecule has 2 aromatic rings. The van der Waals surface area contributed by atoms with Crippen LogP contribution in [0, 0.1) is 0 Å². The number of aromatic amines is 1. The maximum Gasteiger partial charge on any atom is 0.316 e. The Labute approximate surface area is 120 Å². The van der Waals surface area contributed by atoms with Crippen LogP contribution in [0.15, 0.2) is 36.7 Å². The molecule has 7 nitrogen and oxygen atoms in total. The quantitative estimate of drug-likeness (QED) is 0.864. The molecule has 0 saturated carbocycles. The molecule has 1 aromatic carbocycles. The van der Waals surface area contributed by atoms with E-state index in [9.17, 15) is 14.7 Å². The van der Waals surface area contributed by atoms with Gasteiger partial charge in [-0.25, -0.2) is 4.98 Å². The molecule has 0 radical (unpaired) electrons. The summed E-state index contributed by atoms with van der Waals surface area (Å²) in [6.45, 7) is 0.507. The third-order valence-corrected chi connectivity index (χ3v) is 3.91. The minimum atomic E-state index is -1.06. The van der Waals surface area contributed by atoms with Crippen molar-refractivity contribution in [2.24, 2.45) is 0 Å². The molecule has 7 heteroatoms. The van der Waals surface area contributed by atoms with Crippen LogP contribution >= 0.6 is 0 Å². The second kappa shape index (κ2) is 5.01. The molecule has 0 spiro atoms. The molecule has 108 valence electrons. The van der Waals surface area contributed by atoms with Crippen molar-refractivity contribution in [1.29, 1.82) is 0 Å². The maximum absolute atomic E-state index is 12.2. The van der Waals surface area contributed by atoms with Crippen LogP contribution in [-0.2, 0) is 10.2 Å². The molecule has 1 amide bonds. The Morgan fingerprint density at radius 3 is 2.67 bits per heavy atom. The Kier molecular flexibility index (Phi) is 3.17. The van der Waals surface area contributed by atoms with Crippen molar-refractivity contribution in [3.63, 3.8) is 0 Å². The molecule has 0 bridgehead atoms. The van der Waals surface area contributed by atoms with E-state index in [4.69, 9.17) is 0 Å². The summed E-state index contributed by atoms with van der Waals surface area (Å²) in [4.78, 5) is 29.4. The fraction of sp³-hybridized carbons (Fsp3) is 0.286. The van der Waals surface area contributed by atoms with Gasteiger partial charge in [0, 0.05) is 13.1 Å². The van der Waals surface area contributed by atoms with E-state index in [2.05, 4.69) is 15.2 Å². The highest BCUT2D eigenvalue weighted by Crippen LogP contribution is 2.35. The molecule has 3 rings (SSSR count). The van der Waals surface area contributed by atoms with Gasteiger partial charge in [0.05, 0.1) is 0 Å². The number of benzene rings is 1. The molecule has 1 saturated heterocycles. The largest absolute Gasteiger partial charge is 0.481 e. The number of carboxylic acids is 1. The van der Waals surface area contributed by atoms with Crippen molar-refractivity contribution in [3.05, 3.63) is 48.0 Å². The molecule has 0 aliphatic carbocycles. The molecule has 1 fully saturated rings. The van der Waals surface area contributed by atoms with Gasteiger partial charge in [0.2, 0.25) is 5.82 Å². The van der Waals surface area contributed by atoms with Crippen molar-refractivity contribution in [2.75, 3.05) is 13.1 Å². The predicted molar refractivity (Wildman–Crippen MR) is 72.7 cm³/mol. The summed E-state index contributed by atoms with van der Waals surface area (Å²) < 4.78 is 0. The van der Waals surface area contributed by atoms with Crippen molar-refractivity contribution >= 4 is 11.9 Å². The zero-order valence-corrected chi connectivity index (χ0v) is 11.2. The number of nitrogens with zero attached hydrogens (tertiary/aromatic N) is 3. The number of hydrogen-bond donors (Lipinski definition) is 2. The van der Waals surface area contributed by atoms with Crippen LogP contribution in [0.5, 0.6) is 0 Å². The second-order valence-corrected chi connectivity index (χ2v) is 5.06. The van der Waals surface area contributed by atoms with Crippen LogP contribution in [-0.4, -0.2) is 50.2 Å². The molecule has 1 aromatic heterocycles. The van der Waals surface area contributed by atoms with Crippen LogP contribution in [0.25, 0.3) is 0 Å². The minimum absolute atomic E-state index is 0.129. The first-order chi connectivity index (χ1) is 10.1. The Bertz CT molecular complexity index is 656. The summed E-state index contributed by atoms with van der Waals surface area (Å²) in [5, 5.41) is 15.8. The van der Waals surface area contributed by atoms with E-state index in [1.54, 1.807) is 24.3 Å². The van der Waals surface area contributed by atoms with E-state index < -0.39 is 11.4 Å². The lowest BCUT2D eigenvalue weighted by molar-refractivity contribution is -0.143. The first-order valence-electron chi connectivity index (χ1n) is 6.57. The fourth-order valence-electron chi connectivity index (χ4n) is 2.73. The smallest absolute Gasteiger partial charge is 0.316 e. The van der Waals surface area contributed by atoms with Crippen molar-refractivity contribution < 1.29 is 14.7 Å². The Balaban J connectivity index is 1.89. The zero-order valence-electron chi connectivity index (χ0n) is 11.2. The van der Waals surface area contributed by atoms with Crippen LogP contribution in [0.3, 0.4) is 0 Å². The number of likely N-dealkylation sites (tertiary alicyclic amines) is 1. The summed E-state index contributed by atoms with van der Waals surface area (Å²) in [6.07, 6.45) is 1.64. The Hall–Kier alpha value is -2.70. The molecule has 1 atom stereocenters. The average Bonchev–Trinajstić information content (AvgIpc) is 3.18. The average molecular weight is 286 g/mol. The van der Waals surface area contributed by atoms with Gasteiger partial charge < -0.3 is 10.0 Å². The van der Waals surface area contributed by atoms with Gasteiger partial charge in [-0.2, -0.15) is 5.10 Å². The summed E-state index contributed by atoms with van der Waals surface area (Å²) >= 11 is 0. The van der Waals surface area contributed by atoms with E-state index >= 15 is 0 Å². The molecule has 1 aliphatic heterocycles. The third kappa shape index (κ3) is 2.16. The number of aromatic nitrogens is 3. The molecular weight excluding hydrogens is 272 g/mol. The van der Waals surface area contributed by atoms with Gasteiger partial charge >= 0.3 is 5.97 Å². The Morgan fingerprint density at radius 2 is 2.05 bits per heavy atom. The molecule has 1 aliphatic rings. The van der Waals surface area contributed by atoms with Gasteiger partial charge in [0.1, 0.15) is 11.7 Å². The van der Waals surface area contributed by atoms with E-state index in [0.29, 0.717) is 18.5 Å². The highest BCUT2D eigenvalue weighted by molar-refractivity contribution is 5.92. The van der Waals surface area contributed by atoms with Gasteiger partial charge in [0.25, 0.3) is 5.91 Å². The molecule has 2 N–H and O–H groups in total. The van der Waals surface area contributed by atoms with E-state index in [-0.39, 0.29) is 18.3 Å². The number of hydrogen-bond acceptors (Lipinski definition) is 4. The highest BCUT2D eigenvalue weighted by atomic mass is 16.4. The Morgan fingerprint density at radius 1 is 1.29 bits per heavy atom. The third-order valence-electron chi connectivity index (χ3n) is 3.91. The van der Waals surface area contributed by atoms with Gasteiger partial charge in [-0.05, 0) is 12.0 Å². The number of carboxylic acid groups (broad SMARTS) is 1. The molecule has 0 unspecified atom stereocenters. The number of rotatable bonds is 3. The predicted octanol–water partition coefficient (Wildman–Crippen LogP) is 0.673. The number of H-pyrrole nitrogens is 1. The lowest BCUT2D eigenvalue weighted by atomic mass is 9.80. The van der Waals surface area contributed by atoms with Gasteiger partial charge in [-0.1, -0.05) is 30.3 Å². The standard InChI is InChI=1S/C14H14N4O3/c19-12(11-15-9-16-17-11)18-7-6-14(8-18,13(20)21)10-4-2-1-3-5-10/h1-5,9H,6-8H2,(H,20,21)(H,15,16,17)/t14-/m0/s1. The van der Waals surface area contributed by atoms with E-state index in [1.165, 1.54) is 11.2 Å². The van der Waals surface area contributed by atoms with Gasteiger partial charge in [-0.15, -0.1) is 0 Å². The SMILES string of the molecule is O=C(c1ncn[nH]1)N1CC[C@@](C(=O)O)(c2ccccc2)C1. The minimum Gasteiger partial charge on any atom is -0.481 e. The second-order valence-electron chi connectivity index (χ2n) is 5.06. The lowest BCUT2D eigenvalue weighted by Crippen LogP contribution is -2.40. The van der Waals surface area contributed by atoms with Crippen molar-refractivity contribution in [2.45, 2.75) is 11.8 Å². The number of aliphatic carboxylic acids is 1. The summed E-state index contributed by atoms with van der Waals surface area (Å²) in [6, 6.07) is 9.03. The number of carbonyl (C=O) groups excluding carboxylic acids is 1. The highest BCUT2D eigenvalue weighted by Gasteiger charge is 2.48. The first-order valence-corrected chi connectivity index (χ1v) is 6.57. The summed E-state index contributed by atoms with van der Waals surface area (Å²) in [5.41, 5.74) is -0.345. The maximum atomic E-state index is 12.2. The van der Waals surface area contributed by atoms with Gasteiger partial charge in [-0.3, -0.25) is 14.7 Å². The number of carbonyl (C=O) groups is 2.